The molecule has 1 saturated heterocycles. The van der Waals surface area contributed by atoms with Gasteiger partial charge in [0.05, 0.1) is 5.69 Å². The van der Waals surface area contributed by atoms with Crippen molar-refractivity contribution in [2.45, 2.75) is 26.7 Å². The average Bonchev–Trinajstić information content (AvgIpc) is 3.25. The van der Waals surface area contributed by atoms with Gasteiger partial charge in [-0.3, -0.25) is 14.0 Å². The molecule has 1 fully saturated rings. The van der Waals surface area contributed by atoms with Crippen LogP contribution in [-0.4, -0.2) is 52.2 Å². The van der Waals surface area contributed by atoms with E-state index < -0.39 is 0 Å². The van der Waals surface area contributed by atoms with Crippen molar-refractivity contribution in [2.75, 3.05) is 31.1 Å². The molecule has 0 atom stereocenters. The molecule has 0 aliphatic carbocycles. The third kappa shape index (κ3) is 3.80. The molecule has 1 aliphatic rings. The van der Waals surface area contributed by atoms with Crippen LogP contribution in [0.3, 0.4) is 0 Å². The van der Waals surface area contributed by atoms with Gasteiger partial charge >= 0.3 is 0 Å². The fraction of sp³-hybridized carbons (Fsp3) is 0.381. The number of nitrogens with zero attached hydrogens (tertiary/aromatic N) is 4. The van der Waals surface area contributed by atoms with E-state index in [9.17, 15) is 9.59 Å². The van der Waals surface area contributed by atoms with Crippen molar-refractivity contribution in [3.63, 3.8) is 0 Å². The lowest BCUT2D eigenvalue weighted by Gasteiger charge is -2.36. The topological polar surface area (TPSA) is 57.9 Å². The maximum absolute atomic E-state index is 12.6. The van der Waals surface area contributed by atoms with Crippen LogP contribution in [0.5, 0.6) is 0 Å². The highest BCUT2D eigenvalue weighted by molar-refractivity contribution is 7.15. The maximum atomic E-state index is 12.6. The number of carbonyl (C=O) groups excluding carboxylic acids is 2. The number of anilines is 1. The minimum Gasteiger partial charge on any atom is -0.368 e. The second-order valence-corrected chi connectivity index (χ2v) is 8.07. The molecule has 0 bridgehead atoms. The van der Waals surface area contributed by atoms with Crippen molar-refractivity contribution < 1.29 is 9.59 Å². The van der Waals surface area contributed by atoms with E-state index in [1.807, 2.05) is 42.3 Å². The number of hydrogen-bond donors (Lipinski definition) is 0. The van der Waals surface area contributed by atoms with Crippen LogP contribution in [0.2, 0.25) is 0 Å². The predicted octanol–water partition coefficient (Wildman–Crippen LogP) is 3.19. The van der Waals surface area contributed by atoms with Crippen LogP contribution in [-0.2, 0) is 11.2 Å². The Hall–Kier alpha value is -2.67. The first-order valence-corrected chi connectivity index (χ1v) is 10.4. The Bertz CT molecular complexity index is 997. The summed E-state index contributed by atoms with van der Waals surface area (Å²) in [6.07, 6.45) is 3.29. The van der Waals surface area contributed by atoms with Crippen molar-refractivity contribution in [1.82, 2.24) is 14.3 Å². The summed E-state index contributed by atoms with van der Waals surface area (Å²) >= 11 is 1.62. The summed E-state index contributed by atoms with van der Waals surface area (Å²) in [5.74, 6) is 0.290. The molecule has 3 aromatic rings. The van der Waals surface area contributed by atoms with Crippen LogP contribution < -0.4 is 4.90 Å². The fourth-order valence-corrected chi connectivity index (χ4v) is 4.59. The number of hydrogen-bond acceptors (Lipinski definition) is 5. The van der Waals surface area contributed by atoms with Gasteiger partial charge < -0.3 is 9.80 Å². The molecule has 3 heterocycles. The normalized spacial score (nSPS) is 14.6. The SMILES string of the molecule is CC(=O)c1ccc(N2CCN(C(=O)CCc3csc4nc(C)cn34)CC2)cc1. The number of Topliss-reactive ketones (excluding diaryl/α,β-unsaturated/α-hetero) is 1. The summed E-state index contributed by atoms with van der Waals surface area (Å²) in [6, 6.07) is 7.72. The number of ketones is 1. The van der Waals surface area contributed by atoms with Crippen LogP contribution in [0.15, 0.2) is 35.8 Å². The predicted molar refractivity (Wildman–Crippen MR) is 111 cm³/mol. The molecule has 2 aromatic heterocycles. The molecule has 1 aromatic carbocycles. The van der Waals surface area contributed by atoms with Gasteiger partial charge in [0.25, 0.3) is 0 Å². The van der Waals surface area contributed by atoms with Crippen molar-refractivity contribution in [3.8, 4) is 0 Å². The minimum absolute atomic E-state index is 0.0794. The quantitative estimate of drug-likeness (QED) is 0.622. The summed E-state index contributed by atoms with van der Waals surface area (Å²) < 4.78 is 2.09. The molecule has 0 spiro atoms. The fourth-order valence-electron chi connectivity index (χ4n) is 3.64. The van der Waals surface area contributed by atoms with Gasteiger partial charge in [0.2, 0.25) is 5.91 Å². The van der Waals surface area contributed by atoms with E-state index >= 15 is 0 Å². The number of thiazole rings is 1. The van der Waals surface area contributed by atoms with Gasteiger partial charge in [-0.25, -0.2) is 4.98 Å². The zero-order valence-electron chi connectivity index (χ0n) is 16.2. The van der Waals surface area contributed by atoms with Crippen molar-refractivity contribution >= 4 is 33.7 Å². The number of piperazine rings is 1. The van der Waals surface area contributed by atoms with E-state index in [0.717, 1.165) is 60.2 Å². The van der Waals surface area contributed by atoms with E-state index in [1.54, 1.807) is 18.3 Å². The van der Waals surface area contributed by atoms with Crippen molar-refractivity contribution in [3.05, 3.63) is 52.8 Å². The summed E-state index contributed by atoms with van der Waals surface area (Å²) in [4.78, 5) is 33.7. The molecule has 0 saturated carbocycles. The lowest BCUT2D eigenvalue weighted by atomic mass is 10.1. The lowest BCUT2D eigenvalue weighted by molar-refractivity contribution is -0.131. The molecule has 0 N–H and O–H groups in total. The average molecular weight is 397 g/mol. The first-order chi connectivity index (χ1) is 13.5. The number of rotatable bonds is 5. The Morgan fingerprint density at radius 2 is 1.82 bits per heavy atom. The van der Waals surface area contributed by atoms with E-state index in [4.69, 9.17) is 0 Å². The molecular weight excluding hydrogens is 372 g/mol. The summed E-state index contributed by atoms with van der Waals surface area (Å²) in [5, 5.41) is 2.09. The molecule has 28 heavy (non-hydrogen) atoms. The number of fused-ring (bicyclic) bond motifs is 1. The second-order valence-electron chi connectivity index (χ2n) is 7.23. The van der Waals surface area contributed by atoms with Gasteiger partial charge in [0, 0.05) is 61.1 Å². The molecule has 4 rings (SSSR count). The van der Waals surface area contributed by atoms with E-state index in [2.05, 4.69) is 19.7 Å². The van der Waals surface area contributed by atoms with Gasteiger partial charge in [-0.2, -0.15) is 0 Å². The van der Waals surface area contributed by atoms with E-state index in [0.29, 0.717) is 6.42 Å². The molecule has 1 aliphatic heterocycles. The third-order valence-corrected chi connectivity index (χ3v) is 6.16. The van der Waals surface area contributed by atoms with Crippen LogP contribution in [0.25, 0.3) is 4.96 Å². The highest BCUT2D eigenvalue weighted by Crippen LogP contribution is 2.20. The van der Waals surface area contributed by atoms with Gasteiger partial charge in [-0.1, -0.05) is 0 Å². The Kier molecular flexibility index (Phi) is 5.17. The summed E-state index contributed by atoms with van der Waals surface area (Å²) in [5.41, 5.74) is 3.99. The van der Waals surface area contributed by atoms with Gasteiger partial charge in [0.15, 0.2) is 10.7 Å². The molecule has 1 amide bonds. The van der Waals surface area contributed by atoms with Gasteiger partial charge in [0.1, 0.15) is 0 Å². The van der Waals surface area contributed by atoms with Gasteiger partial charge in [-0.15, -0.1) is 11.3 Å². The number of amides is 1. The Labute approximate surface area is 168 Å². The standard InChI is InChI=1S/C21H24N4O2S/c1-15-13-25-19(14-28-21(25)22-15)7-8-20(27)24-11-9-23(10-12-24)18-5-3-17(4-6-18)16(2)26/h3-6,13-14H,7-12H2,1-2H3. The smallest absolute Gasteiger partial charge is 0.223 e. The number of benzene rings is 1. The van der Waals surface area contributed by atoms with Crippen LogP contribution in [0.4, 0.5) is 5.69 Å². The molecular formula is C21H24N4O2S. The second kappa shape index (κ2) is 7.75. The largest absolute Gasteiger partial charge is 0.368 e. The summed E-state index contributed by atoms with van der Waals surface area (Å²) in [6.45, 7) is 6.66. The number of aryl methyl sites for hydroxylation is 2. The molecule has 7 heteroatoms. The first-order valence-electron chi connectivity index (χ1n) is 9.57. The number of aromatic nitrogens is 2. The Balaban J connectivity index is 1.30. The van der Waals surface area contributed by atoms with E-state index in [1.165, 1.54) is 0 Å². The number of imidazole rings is 1. The summed E-state index contributed by atoms with van der Waals surface area (Å²) in [7, 11) is 0. The molecule has 0 radical (unpaired) electrons. The van der Waals surface area contributed by atoms with Crippen LogP contribution in [0, 0.1) is 6.92 Å². The Morgan fingerprint density at radius 3 is 2.50 bits per heavy atom. The zero-order chi connectivity index (χ0) is 19.7. The Morgan fingerprint density at radius 1 is 1.11 bits per heavy atom. The maximum Gasteiger partial charge on any atom is 0.223 e. The zero-order valence-corrected chi connectivity index (χ0v) is 17.0. The third-order valence-electron chi connectivity index (χ3n) is 5.27. The van der Waals surface area contributed by atoms with Crippen LogP contribution in [0.1, 0.15) is 35.1 Å². The molecule has 146 valence electrons. The first kappa shape index (κ1) is 18.7. The van der Waals surface area contributed by atoms with E-state index in [-0.39, 0.29) is 11.7 Å². The molecule has 6 nitrogen and oxygen atoms in total. The molecule has 0 unspecified atom stereocenters. The highest BCUT2D eigenvalue weighted by atomic mass is 32.1. The van der Waals surface area contributed by atoms with Crippen molar-refractivity contribution in [1.29, 1.82) is 0 Å². The lowest BCUT2D eigenvalue weighted by Crippen LogP contribution is -2.48. The van der Waals surface area contributed by atoms with Gasteiger partial charge in [-0.05, 0) is 44.5 Å². The van der Waals surface area contributed by atoms with Crippen LogP contribution >= 0.6 is 11.3 Å². The van der Waals surface area contributed by atoms with Crippen molar-refractivity contribution in [2.24, 2.45) is 0 Å². The monoisotopic (exact) mass is 396 g/mol. The minimum atomic E-state index is 0.0794. The number of carbonyl (C=O) groups is 2. The highest BCUT2D eigenvalue weighted by Gasteiger charge is 2.21.